The van der Waals surface area contributed by atoms with Gasteiger partial charge in [-0.2, -0.15) is 0 Å². The molecule has 0 unspecified atom stereocenters. The standard InChI is InChI=1S/C20H26N2O3/c1-2-21(17-6-4-3-5-7-17)20(25)16-10-8-15(9-11-16)14-22-18(23)12-13-19(22)24/h8-11,17H,2-7,12-14H2,1H3. The SMILES string of the molecule is CCN(C(=O)c1ccc(CN2C(=O)CCC2=O)cc1)C1CCCCC1. The van der Waals surface area contributed by atoms with Crippen LogP contribution in [-0.4, -0.2) is 40.1 Å². The molecule has 5 nitrogen and oxygen atoms in total. The smallest absolute Gasteiger partial charge is 0.254 e. The molecule has 2 aliphatic rings. The second kappa shape index (κ2) is 7.81. The van der Waals surface area contributed by atoms with E-state index in [4.69, 9.17) is 0 Å². The second-order valence-corrected chi connectivity index (χ2v) is 6.95. The molecule has 0 radical (unpaired) electrons. The molecule has 5 heteroatoms. The van der Waals surface area contributed by atoms with Gasteiger partial charge in [-0.1, -0.05) is 31.4 Å². The maximum Gasteiger partial charge on any atom is 0.254 e. The highest BCUT2D eigenvalue weighted by molar-refractivity contribution is 6.01. The van der Waals surface area contributed by atoms with E-state index in [0.29, 0.717) is 31.0 Å². The summed E-state index contributed by atoms with van der Waals surface area (Å²) in [5, 5.41) is 0. The van der Waals surface area contributed by atoms with Gasteiger partial charge in [0.1, 0.15) is 0 Å². The zero-order valence-electron chi connectivity index (χ0n) is 14.9. The quantitative estimate of drug-likeness (QED) is 0.773. The van der Waals surface area contributed by atoms with Crippen molar-refractivity contribution in [2.75, 3.05) is 6.54 Å². The van der Waals surface area contributed by atoms with Crippen LogP contribution >= 0.6 is 0 Å². The van der Waals surface area contributed by atoms with Crippen LogP contribution in [0.3, 0.4) is 0 Å². The van der Waals surface area contributed by atoms with Gasteiger partial charge in [0.15, 0.2) is 0 Å². The number of carbonyl (C=O) groups is 3. The molecular formula is C20H26N2O3. The van der Waals surface area contributed by atoms with E-state index >= 15 is 0 Å². The molecule has 1 saturated carbocycles. The first kappa shape index (κ1) is 17.6. The predicted octanol–water partition coefficient (Wildman–Crippen LogP) is 3.13. The zero-order chi connectivity index (χ0) is 17.8. The summed E-state index contributed by atoms with van der Waals surface area (Å²) in [7, 11) is 0. The average molecular weight is 342 g/mol. The fourth-order valence-corrected chi connectivity index (χ4v) is 3.86. The third-order valence-electron chi connectivity index (χ3n) is 5.31. The van der Waals surface area contributed by atoms with Gasteiger partial charge >= 0.3 is 0 Å². The van der Waals surface area contributed by atoms with Crippen LogP contribution in [0.15, 0.2) is 24.3 Å². The van der Waals surface area contributed by atoms with E-state index in [1.54, 1.807) is 0 Å². The van der Waals surface area contributed by atoms with Crippen LogP contribution in [0.1, 0.15) is 67.8 Å². The highest BCUT2D eigenvalue weighted by atomic mass is 16.2. The molecule has 1 saturated heterocycles. The second-order valence-electron chi connectivity index (χ2n) is 6.95. The van der Waals surface area contributed by atoms with Gasteiger partial charge in [0.2, 0.25) is 11.8 Å². The molecule has 1 aromatic carbocycles. The Hall–Kier alpha value is -2.17. The molecule has 2 fully saturated rings. The first-order valence-electron chi connectivity index (χ1n) is 9.33. The first-order chi connectivity index (χ1) is 12.1. The fraction of sp³-hybridized carbons (Fsp3) is 0.550. The van der Waals surface area contributed by atoms with Crippen LogP contribution in [0.4, 0.5) is 0 Å². The molecule has 0 bridgehead atoms. The summed E-state index contributed by atoms with van der Waals surface area (Å²) in [6.45, 7) is 3.06. The van der Waals surface area contributed by atoms with Crippen LogP contribution in [0.2, 0.25) is 0 Å². The predicted molar refractivity (Wildman–Crippen MR) is 94.8 cm³/mol. The number of amides is 3. The Morgan fingerprint density at radius 2 is 1.64 bits per heavy atom. The third-order valence-corrected chi connectivity index (χ3v) is 5.31. The third kappa shape index (κ3) is 3.91. The summed E-state index contributed by atoms with van der Waals surface area (Å²) in [6.07, 6.45) is 6.47. The van der Waals surface area contributed by atoms with Crippen molar-refractivity contribution in [3.8, 4) is 0 Å². The first-order valence-corrected chi connectivity index (χ1v) is 9.33. The van der Waals surface area contributed by atoms with Gasteiger partial charge in [0, 0.05) is 31.0 Å². The molecule has 0 N–H and O–H groups in total. The Kier molecular flexibility index (Phi) is 5.51. The van der Waals surface area contributed by atoms with Crippen molar-refractivity contribution in [3.63, 3.8) is 0 Å². The number of imide groups is 1. The number of hydrogen-bond donors (Lipinski definition) is 0. The van der Waals surface area contributed by atoms with E-state index < -0.39 is 0 Å². The van der Waals surface area contributed by atoms with E-state index in [-0.39, 0.29) is 17.7 Å². The number of hydrogen-bond acceptors (Lipinski definition) is 3. The average Bonchev–Trinajstić information content (AvgIpc) is 2.96. The van der Waals surface area contributed by atoms with Gasteiger partial charge in [0.25, 0.3) is 5.91 Å². The van der Waals surface area contributed by atoms with E-state index in [1.807, 2.05) is 36.1 Å². The van der Waals surface area contributed by atoms with E-state index in [9.17, 15) is 14.4 Å². The Balaban J connectivity index is 1.67. The number of nitrogens with zero attached hydrogens (tertiary/aromatic N) is 2. The van der Waals surface area contributed by atoms with Crippen molar-refractivity contribution in [2.45, 2.75) is 64.5 Å². The van der Waals surface area contributed by atoms with Crippen LogP contribution < -0.4 is 0 Å². The fourth-order valence-electron chi connectivity index (χ4n) is 3.86. The lowest BCUT2D eigenvalue weighted by Gasteiger charge is -2.33. The van der Waals surface area contributed by atoms with E-state index in [0.717, 1.165) is 24.9 Å². The zero-order valence-corrected chi connectivity index (χ0v) is 14.9. The Morgan fingerprint density at radius 1 is 1.04 bits per heavy atom. The van der Waals surface area contributed by atoms with Gasteiger partial charge in [-0.05, 0) is 37.5 Å². The lowest BCUT2D eigenvalue weighted by molar-refractivity contribution is -0.139. The van der Waals surface area contributed by atoms with Gasteiger partial charge in [-0.3, -0.25) is 19.3 Å². The van der Waals surface area contributed by atoms with Crippen molar-refractivity contribution in [1.82, 2.24) is 9.80 Å². The highest BCUT2D eigenvalue weighted by Crippen LogP contribution is 2.24. The molecule has 3 rings (SSSR count). The molecule has 3 amide bonds. The molecule has 0 aromatic heterocycles. The van der Waals surface area contributed by atoms with Crippen LogP contribution in [0.25, 0.3) is 0 Å². The Morgan fingerprint density at radius 3 is 2.20 bits per heavy atom. The Labute approximate surface area is 149 Å². The summed E-state index contributed by atoms with van der Waals surface area (Å²) in [5.41, 5.74) is 1.55. The maximum atomic E-state index is 12.8. The number of benzene rings is 1. The topological polar surface area (TPSA) is 57.7 Å². The van der Waals surface area contributed by atoms with Crippen molar-refractivity contribution >= 4 is 17.7 Å². The van der Waals surface area contributed by atoms with Crippen molar-refractivity contribution in [3.05, 3.63) is 35.4 Å². The lowest BCUT2D eigenvalue weighted by Crippen LogP contribution is -2.41. The van der Waals surface area contributed by atoms with Crippen molar-refractivity contribution in [1.29, 1.82) is 0 Å². The Bertz CT molecular complexity index is 631. The minimum atomic E-state index is -0.111. The molecule has 1 heterocycles. The van der Waals surface area contributed by atoms with Gasteiger partial charge < -0.3 is 4.90 Å². The monoisotopic (exact) mass is 342 g/mol. The molecule has 0 spiro atoms. The van der Waals surface area contributed by atoms with Crippen LogP contribution in [0.5, 0.6) is 0 Å². The molecule has 0 atom stereocenters. The van der Waals surface area contributed by atoms with E-state index in [2.05, 4.69) is 0 Å². The maximum absolute atomic E-state index is 12.8. The normalized spacial score (nSPS) is 18.7. The van der Waals surface area contributed by atoms with Crippen LogP contribution in [-0.2, 0) is 16.1 Å². The van der Waals surface area contributed by atoms with Crippen LogP contribution in [0, 0.1) is 0 Å². The van der Waals surface area contributed by atoms with Crippen molar-refractivity contribution in [2.24, 2.45) is 0 Å². The minimum Gasteiger partial charge on any atom is -0.336 e. The molecule has 25 heavy (non-hydrogen) atoms. The number of carbonyl (C=O) groups excluding carboxylic acids is 3. The highest BCUT2D eigenvalue weighted by Gasteiger charge is 2.29. The number of rotatable bonds is 5. The van der Waals surface area contributed by atoms with Crippen molar-refractivity contribution < 1.29 is 14.4 Å². The molecule has 134 valence electrons. The summed E-state index contributed by atoms with van der Waals surface area (Å²) in [6, 6.07) is 7.68. The summed E-state index contributed by atoms with van der Waals surface area (Å²) >= 11 is 0. The van der Waals surface area contributed by atoms with Gasteiger partial charge in [-0.25, -0.2) is 0 Å². The summed E-state index contributed by atoms with van der Waals surface area (Å²) < 4.78 is 0. The molecule has 1 aliphatic heterocycles. The molecular weight excluding hydrogens is 316 g/mol. The summed E-state index contributed by atoms with van der Waals surface area (Å²) in [5.74, 6) is -0.145. The molecule has 1 aromatic rings. The van der Waals surface area contributed by atoms with E-state index in [1.165, 1.54) is 24.2 Å². The number of likely N-dealkylation sites (tertiary alicyclic amines) is 1. The van der Waals surface area contributed by atoms with Gasteiger partial charge in [-0.15, -0.1) is 0 Å². The molecule has 1 aliphatic carbocycles. The minimum absolute atomic E-state index is 0.0780. The van der Waals surface area contributed by atoms with Gasteiger partial charge in [0.05, 0.1) is 6.54 Å². The lowest BCUT2D eigenvalue weighted by atomic mass is 9.93. The largest absolute Gasteiger partial charge is 0.336 e. The summed E-state index contributed by atoms with van der Waals surface area (Å²) in [4.78, 5) is 39.6.